The molecular weight excluding hydrogens is 428 g/mol. The Bertz CT molecular complexity index is 1390. The first-order chi connectivity index (χ1) is 16.1. The molecule has 0 aliphatic carbocycles. The largest absolute Gasteiger partial charge is 0.369 e. The van der Waals surface area contributed by atoms with Gasteiger partial charge in [-0.15, -0.1) is 21.5 Å². The van der Waals surface area contributed by atoms with Crippen LogP contribution in [0.5, 0.6) is 0 Å². The highest BCUT2D eigenvalue weighted by atomic mass is 32.1. The highest BCUT2D eigenvalue weighted by Crippen LogP contribution is 2.31. The van der Waals surface area contributed by atoms with Gasteiger partial charge in [-0.2, -0.15) is 0 Å². The van der Waals surface area contributed by atoms with Gasteiger partial charge in [0.1, 0.15) is 0 Å². The fraction of sp³-hybridized carbons (Fsp3) is 0.192. The highest BCUT2D eigenvalue weighted by Gasteiger charge is 2.12. The third kappa shape index (κ3) is 4.32. The van der Waals surface area contributed by atoms with Crippen LogP contribution in [0.3, 0.4) is 0 Å². The number of benzene rings is 3. The zero-order valence-electron chi connectivity index (χ0n) is 18.9. The Kier molecular flexibility index (Phi) is 5.79. The van der Waals surface area contributed by atoms with Gasteiger partial charge in [0.15, 0.2) is 11.6 Å². The number of rotatable bonds is 7. The van der Waals surface area contributed by atoms with E-state index in [-0.39, 0.29) is 0 Å². The van der Waals surface area contributed by atoms with Crippen LogP contribution in [-0.4, -0.2) is 27.8 Å². The summed E-state index contributed by atoms with van der Waals surface area (Å²) in [6.45, 7) is 7.58. The Hall–Kier alpha value is -3.71. The minimum Gasteiger partial charge on any atom is -0.369 e. The monoisotopic (exact) mass is 454 g/mol. The Morgan fingerprint density at radius 2 is 1.48 bits per heavy atom. The minimum atomic E-state index is 0.459. The molecule has 0 amide bonds. The topological polar surface area (TPSA) is 66.0 Å². The second-order valence-corrected chi connectivity index (χ2v) is 9.04. The molecule has 0 unspecified atom stereocenters. The summed E-state index contributed by atoms with van der Waals surface area (Å²) in [6, 6.07) is 23.2. The van der Waals surface area contributed by atoms with Crippen LogP contribution in [0.2, 0.25) is 0 Å². The van der Waals surface area contributed by atoms with Crippen molar-refractivity contribution < 1.29 is 0 Å². The summed E-state index contributed by atoms with van der Waals surface area (Å²) in [7, 11) is 0. The van der Waals surface area contributed by atoms with Crippen molar-refractivity contribution in [2.75, 3.05) is 22.1 Å². The Morgan fingerprint density at radius 1 is 0.848 bits per heavy atom. The number of hydrogen-bond donors (Lipinski definition) is 2. The molecule has 166 valence electrons. The number of thiazole rings is 1. The molecule has 5 aromatic rings. The van der Waals surface area contributed by atoms with E-state index in [1.165, 1.54) is 5.69 Å². The van der Waals surface area contributed by atoms with Gasteiger partial charge in [0.05, 0.1) is 15.7 Å². The summed E-state index contributed by atoms with van der Waals surface area (Å²) >= 11 is 1.62. The summed E-state index contributed by atoms with van der Waals surface area (Å²) in [5.41, 5.74) is 6.02. The van der Waals surface area contributed by atoms with Gasteiger partial charge < -0.3 is 15.5 Å². The van der Waals surface area contributed by atoms with E-state index in [1.54, 1.807) is 11.3 Å². The highest BCUT2D eigenvalue weighted by molar-refractivity contribution is 7.16. The summed E-state index contributed by atoms with van der Waals surface area (Å²) in [6.07, 6.45) is 0. The molecule has 0 aliphatic rings. The van der Waals surface area contributed by atoms with Crippen LogP contribution in [0, 0.1) is 0 Å². The predicted octanol–water partition coefficient (Wildman–Crippen LogP) is 6.96. The van der Waals surface area contributed by atoms with Crippen molar-refractivity contribution in [1.82, 2.24) is 15.2 Å². The maximum absolute atomic E-state index is 4.51. The van der Waals surface area contributed by atoms with Gasteiger partial charge in [0.25, 0.3) is 0 Å². The summed E-state index contributed by atoms with van der Waals surface area (Å²) in [5.74, 6) is 1.46. The Balaban J connectivity index is 1.43. The molecule has 0 radical (unpaired) electrons. The number of nitrogens with zero attached hydrogens (tertiary/aromatic N) is 4. The van der Waals surface area contributed by atoms with Gasteiger partial charge in [-0.1, -0.05) is 24.3 Å². The van der Waals surface area contributed by atoms with E-state index < -0.39 is 0 Å². The van der Waals surface area contributed by atoms with E-state index in [0.29, 0.717) is 6.04 Å². The van der Waals surface area contributed by atoms with Crippen molar-refractivity contribution >= 4 is 61.0 Å². The molecule has 7 heteroatoms. The molecule has 5 rings (SSSR count). The van der Waals surface area contributed by atoms with Crippen molar-refractivity contribution in [3.8, 4) is 0 Å². The molecule has 33 heavy (non-hydrogen) atoms. The van der Waals surface area contributed by atoms with E-state index in [9.17, 15) is 0 Å². The van der Waals surface area contributed by atoms with E-state index in [2.05, 4.69) is 94.0 Å². The van der Waals surface area contributed by atoms with Crippen molar-refractivity contribution in [3.05, 3.63) is 72.2 Å². The average Bonchev–Trinajstić information content (AvgIpc) is 3.30. The number of fused-ring (bicyclic) bond motifs is 2. The quantitative estimate of drug-likeness (QED) is 0.277. The molecule has 6 nitrogen and oxygen atoms in total. The van der Waals surface area contributed by atoms with E-state index >= 15 is 0 Å². The van der Waals surface area contributed by atoms with Gasteiger partial charge in [0.2, 0.25) is 0 Å². The number of nitrogens with one attached hydrogen (secondary N) is 2. The molecular formula is C26H26N6S. The molecule has 2 aromatic heterocycles. The molecule has 0 bridgehead atoms. The van der Waals surface area contributed by atoms with Crippen molar-refractivity contribution in [3.63, 3.8) is 0 Å². The third-order valence-corrected chi connectivity index (χ3v) is 6.50. The summed E-state index contributed by atoms with van der Waals surface area (Å²) in [5, 5.41) is 17.9. The van der Waals surface area contributed by atoms with E-state index in [4.69, 9.17) is 0 Å². The lowest BCUT2D eigenvalue weighted by Gasteiger charge is -2.27. The van der Waals surface area contributed by atoms with Gasteiger partial charge in [-0.3, -0.25) is 0 Å². The Morgan fingerprint density at radius 3 is 2.12 bits per heavy atom. The number of hydrogen-bond acceptors (Lipinski definition) is 7. The van der Waals surface area contributed by atoms with Crippen LogP contribution in [0.1, 0.15) is 20.8 Å². The molecule has 0 saturated carbocycles. The molecule has 0 saturated heterocycles. The number of aromatic nitrogens is 3. The standard InChI is InChI=1S/C26H26N6S/c1-4-32(17(2)3)20-12-9-18(10-13-20)28-25-21-7-5-6-8-22(21)26(31-30-25)29-19-11-14-23-24(15-19)33-16-27-23/h5-17H,4H2,1-3H3,(H,28,30)(H,29,31). The van der Waals surface area contributed by atoms with Crippen LogP contribution >= 0.6 is 11.3 Å². The van der Waals surface area contributed by atoms with Gasteiger partial charge >= 0.3 is 0 Å². The SMILES string of the molecule is CCN(c1ccc(Nc2nnc(Nc3ccc4ncsc4c3)c3ccccc23)cc1)C(C)C. The van der Waals surface area contributed by atoms with Crippen molar-refractivity contribution in [2.24, 2.45) is 0 Å². The van der Waals surface area contributed by atoms with Gasteiger partial charge in [-0.05, 0) is 63.2 Å². The Labute approximate surface area is 197 Å². The zero-order chi connectivity index (χ0) is 22.8. The lowest BCUT2D eigenvalue weighted by Crippen LogP contribution is -2.30. The van der Waals surface area contributed by atoms with Crippen LogP contribution < -0.4 is 15.5 Å². The third-order valence-electron chi connectivity index (χ3n) is 5.71. The van der Waals surface area contributed by atoms with Crippen LogP contribution in [-0.2, 0) is 0 Å². The molecule has 0 aliphatic heterocycles. The minimum absolute atomic E-state index is 0.459. The van der Waals surface area contributed by atoms with E-state index in [1.807, 2.05) is 29.8 Å². The normalized spacial score (nSPS) is 11.3. The average molecular weight is 455 g/mol. The molecule has 3 aromatic carbocycles. The number of anilines is 5. The van der Waals surface area contributed by atoms with E-state index in [0.717, 1.165) is 50.5 Å². The molecule has 2 heterocycles. The lowest BCUT2D eigenvalue weighted by molar-refractivity contribution is 0.704. The van der Waals surface area contributed by atoms with Gasteiger partial charge in [-0.25, -0.2) is 4.98 Å². The zero-order valence-corrected chi connectivity index (χ0v) is 19.7. The van der Waals surface area contributed by atoms with Crippen molar-refractivity contribution in [2.45, 2.75) is 26.8 Å². The summed E-state index contributed by atoms with van der Waals surface area (Å²) < 4.78 is 1.14. The first-order valence-corrected chi connectivity index (χ1v) is 12.0. The molecule has 2 N–H and O–H groups in total. The fourth-order valence-corrected chi connectivity index (χ4v) is 4.79. The van der Waals surface area contributed by atoms with Crippen LogP contribution in [0.4, 0.5) is 28.7 Å². The molecule has 0 fully saturated rings. The first-order valence-electron chi connectivity index (χ1n) is 11.1. The molecule has 0 atom stereocenters. The second-order valence-electron chi connectivity index (χ2n) is 8.15. The first kappa shape index (κ1) is 21.2. The fourth-order valence-electron chi connectivity index (χ4n) is 4.08. The van der Waals surface area contributed by atoms with Crippen molar-refractivity contribution in [1.29, 1.82) is 0 Å². The smallest absolute Gasteiger partial charge is 0.161 e. The van der Waals surface area contributed by atoms with Crippen LogP contribution in [0.25, 0.3) is 21.0 Å². The lowest BCUT2D eigenvalue weighted by atomic mass is 10.1. The maximum Gasteiger partial charge on any atom is 0.161 e. The second kappa shape index (κ2) is 9.03. The summed E-state index contributed by atoms with van der Waals surface area (Å²) in [4.78, 5) is 6.71. The predicted molar refractivity (Wildman–Crippen MR) is 140 cm³/mol. The van der Waals surface area contributed by atoms with Gasteiger partial charge in [0, 0.05) is 40.4 Å². The van der Waals surface area contributed by atoms with Crippen LogP contribution in [0.15, 0.2) is 72.2 Å². The maximum atomic E-state index is 4.51. The molecule has 0 spiro atoms.